The van der Waals surface area contributed by atoms with Crippen LogP contribution >= 0.6 is 0 Å². The van der Waals surface area contributed by atoms with Gasteiger partial charge in [-0.15, -0.1) is 0 Å². The van der Waals surface area contributed by atoms with Crippen LogP contribution in [-0.4, -0.2) is 31.5 Å². The number of aliphatic hydroxyl groups is 1. The highest BCUT2D eigenvalue weighted by atomic mass is 32.2. The second kappa shape index (κ2) is 11.2. The number of Topliss-reactive ketones (excluding diaryl/α,β-unsaturated/α-hetero) is 1. The molecule has 1 aliphatic rings. The van der Waals surface area contributed by atoms with Crippen molar-refractivity contribution in [3.63, 3.8) is 0 Å². The molecular formula is C30H34O7S. The van der Waals surface area contributed by atoms with E-state index in [0.29, 0.717) is 29.9 Å². The van der Waals surface area contributed by atoms with E-state index in [0.717, 1.165) is 29.5 Å². The Morgan fingerprint density at radius 3 is 2.50 bits per heavy atom. The standard InChI is InChI=1S/C30H34O7S/c1-5-6-21-9-13-24(28(17-21)37-38(33,34)23-11-7-20(2)8-12-23)26(32)19-35-29-22(18-31)10-14-27-25(29)15-16-30(3,4)36-27/h7-14,17,31H,5-6,15-16,18-19H2,1-4H3. The smallest absolute Gasteiger partial charge is 0.339 e. The molecule has 1 heterocycles. The van der Waals surface area contributed by atoms with Crippen molar-refractivity contribution >= 4 is 15.9 Å². The molecule has 4 rings (SSSR count). The Morgan fingerprint density at radius 2 is 1.82 bits per heavy atom. The Balaban J connectivity index is 1.62. The Hall–Kier alpha value is -3.36. The van der Waals surface area contributed by atoms with Gasteiger partial charge in [0.15, 0.2) is 12.4 Å². The van der Waals surface area contributed by atoms with Crippen molar-refractivity contribution in [2.75, 3.05) is 6.61 Å². The van der Waals surface area contributed by atoms with Crippen LogP contribution < -0.4 is 13.7 Å². The fourth-order valence-corrected chi connectivity index (χ4v) is 5.41. The van der Waals surface area contributed by atoms with Gasteiger partial charge in [0.2, 0.25) is 5.78 Å². The van der Waals surface area contributed by atoms with Crippen molar-refractivity contribution in [1.82, 2.24) is 0 Å². The van der Waals surface area contributed by atoms with E-state index in [1.165, 1.54) is 12.1 Å². The molecule has 3 aromatic carbocycles. The third-order valence-electron chi connectivity index (χ3n) is 6.57. The predicted molar refractivity (Wildman–Crippen MR) is 145 cm³/mol. The fourth-order valence-electron chi connectivity index (χ4n) is 4.47. The first kappa shape index (κ1) is 27.7. The van der Waals surface area contributed by atoms with Crippen LogP contribution in [0.4, 0.5) is 0 Å². The van der Waals surface area contributed by atoms with E-state index in [1.54, 1.807) is 36.4 Å². The molecule has 0 saturated heterocycles. The number of hydrogen-bond acceptors (Lipinski definition) is 7. The first-order valence-electron chi connectivity index (χ1n) is 12.8. The lowest BCUT2D eigenvalue weighted by Gasteiger charge is -2.33. The van der Waals surface area contributed by atoms with Crippen LogP contribution in [0.2, 0.25) is 0 Å². The van der Waals surface area contributed by atoms with Gasteiger partial charge in [-0.25, -0.2) is 0 Å². The lowest BCUT2D eigenvalue weighted by Crippen LogP contribution is -2.33. The molecule has 38 heavy (non-hydrogen) atoms. The summed E-state index contributed by atoms with van der Waals surface area (Å²) in [4.78, 5) is 13.4. The number of rotatable bonds is 10. The molecule has 0 saturated carbocycles. The third kappa shape index (κ3) is 6.19. The van der Waals surface area contributed by atoms with Gasteiger partial charge < -0.3 is 18.8 Å². The largest absolute Gasteiger partial charge is 0.487 e. The SMILES string of the molecule is CCCc1ccc(C(=O)COc2c(CO)ccc3c2CCC(C)(C)O3)c(OS(=O)(=O)c2ccc(C)cc2)c1. The Morgan fingerprint density at radius 1 is 1.08 bits per heavy atom. The Labute approximate surface area is 224 Å². The second-order valence-corrected chi connectivity index (χ2v) is 11.7. The van der Waals surface area contributed by atoms with Crippen LogP contribution in [0, 0.1) is 6.92 Å². The van der Waals surface area contributed by atoms with Crippen molar-refractivity contribution in [1.29, 1.82) is 0 Å². The van der Waals surface area contributed by atoms with Gasteiger partial charge in [-0.3, -0.25) is 4.79 Å². The molecular weight excluding hydrogens is 504 g/mol. The molecule has 3 aromatic rings. The highest BCUT2D eigenvalue weighted by Gasteiger charge is 2.30. The number of ketones is 1. The van der Waals surface area contributed by atoms with Gasteiger partial charge in [0.25, 0.3) is 0 Å². The minimum atomic E-state index is -4.16. The Kier molecular flexibility index (Phi) is 8.13. The average Bonchev–Trinajstić information content (AvgIpc) is 2.86. The molecule has 0 unspecified atom stereocenters. The summed E-state index contributed by atoms with van der Waals surface area (Å²) in [6, 6.07) is 14.8. The summed E-state index contributed by atoms with van der Waals surface area (Å²) in [6.07, 6.45) is 2.99. The molecule has 7 nitrogen and oxygen atoms in total. The van der Waals surface area contributed by atoms with Crippen LogP contribution in [0.5, 0.6) is 17.2 Å². The number of aryl methyl sites for hydroxylation is 2. The van der Waals surface area contributed by atoms with Crippen LogP contribution in [0.1, 0.15) is 66.2 Å². The first-order valence-corrected chi connectivity index (χ1v) is 14.2. The summed E-state index contributed by atoms with van der Waals surface area (Å²) in [6.45, 7) is 7.28. The zero-order chi connectivity index (χ0) is 27.5. The maximum Gasteiger partial charge on any atom is 0.339 e. The first-order chi connectivity index (χ1) is 18.0. The van der Waals surface area contributed by atoms with Gasteiger partial charge in [-0.2, -0.15) is 8.42 Å². The monoisotopic (exact) mass is 538 g/mol. The zero-order valence-corrected chi connectivity index (χ0v) is 23.1. The van der Waals surface area contributed by atoms with Gasteiger partial charge in [0.05, 0.1) is 12.2 Å². The molecule has 0 aliphatic carbocycles. The highest BCUT2D eigenvalue weighted by Crippen LogP contribution is 2.40. The van der Waals surface area contributed by atoms with Gasteiger partial charge in [0.1, 0.15) is 22.0 Å². The van der Waals surface area contributed by atoms with Gasteiger partial charge >= 0.3 is 10.1 Å². The molecule has 0 amide bonds. The maximum atomic E-state index is 13.4. The summed E-state index contributed by atoms with van der Waals surface area (Å²) < 4.78 is 43.6. The maximum absolute atomic E-state index is 13.4. The third-order valence-corrected chi connectivity index (χ3v) is 7.82. The fraction of sp³-hybridized carbons (Fsp3) is 0.367. The van der Waals surface area contributed by atoms with Crippen molar-refractivity contribution in [3.05, 3.63) is 82.4 Å². The summed E-state index contributed by atoms with van der Waals surface area (Å²) >= 11 is 0. The van der Waals surface area contributed by atoms with Crippen molar-refractivity contribution in [2.45, 2.75) is 70.5 Å². The number of fused-ring (bicyclic) bond motifs is 1. The summed E-state index contributed by atoms with van der Waals surface area (Å²) in [5, 5.41) is 9.89. The van der Waals surface area contributed by atoms with Gasteiger partial charge in [-0.1, -0.05) is 37.1 Å². The Bertz CT molecular complexity index is 1420. The van der Waals surface area contributed by atoms with Crippen molar-refractivity contribution in [3.8, 4) is 17.2 Å². The summed E-state index contributed by atoms with van der Waals surface area (Å²) in [7, 11) is -4.16. The number of hydrogen-bond donors (Lipinski definition) is 1. The molecule has 202 valence electrons. The van der Waals surface area contributed by atoms with Crippen molar-refractivity contribution < 1.29 is 32.0 Å². The van der Waals surface area contributed by atoms with Crippen molar-refractivity contribution in [2.24, 2.45) is 0 Å². The number of aliphatic hydroxyl groups excluding tert-OH is 1. The number of carbonyl (C=O) groups excluding carboxylic acids is 1. The van der Waals surface area contributed by atoms with E-state index in [1.807, 2.05) is 33.8 Å². The van der Waals surface area contributed by atoms with E-state index in [9.17, 15) is 18.3 Å². The second-order valence-electron chi connectivity index (χ2n) is 10.2. The number of carbonyl (C=O) groups is 1. The number of benzene rings is 3. The number of ether oxygens (including phenoxy) is 2. The van der Waals surface area contributed by atoms with Gasteiger partial charge in [-0.05, 0) is 82.0 Å². The molecule has 0 bridgehead atoms. The topological polar surface area (TPSA) is 99.1 Å². The van der Waals surface area contributed by atoms with E-state index in [2.05, 4.69) is 0 Å². The van der Waals surface area contributed by atoms with Gasteiger partial charge in [0, 0.05) is 11.1 Å². The summed E-state index contributed by atoms with van der Waals surface area (Å²) in [5.41, 5.74) is 2.92. The quantitative estimate of drug-likeness (QED) is 0.266. The molecule has 8 heteroatoms. The van der Waals surface area contributed by atoms with E-state index >= 15 is 0 Å². The van der Waals surface area contributed by atoms with Crippen LogP contribution in [0.25, 0.3) is 0 Å². The minimum absolute atomic E-state index is 0.00469. The lowest BCUT2D eigenvalue weighted by atomic mass is 9.92. The molecule has 0 spiro atoms. The van der Waals surface area contributed by atoms with Crippen LogP contribution in [-0.2, 0) is 29.6 Å². The van der Waals surface area contributed by atoms with Crippen LogP contribution in [0.15, 0.2) is 59.5 Å². The molecule has 1 aliphatic heterocycles. The van der Waals surface area contributed by atoms with E-state index in [4.69, 9.17) is 13.7 Å². The molecule has 0 radical (unpaired) electrons. The summed E-state index contributed by atoms with van der Waals surface area (Å²) in [5.74, 6) is 0.609. The minimum Gasteiger partial charge on any atom is -0.487 e. The molecule has 0 atom stereocenters. The molecule has 1 N–H and O–H groups in total. The predicted octanol–water partition coefficient (Wildman–Crippen LogP) is 5.57. The van der Waals surface area contributed by atoms with E-state index < -0.39 is 15.9 Å². The van der Waals surface area contributed by atoms with Crippen LogP contribution in [0.3, 0.4) is 0 Å². The normalized spacial score (nSPS) is 14.3. The highest BCUT2D eigenvalue weighted by molar-refractivity contribution is 7.87. The average molecular weight is 539 g/mol. The molecule has 0 fully saturated rings. The van der Waals surface area contributed by atoms with E-state index in [-0.39, 0.29) is 35.0 Å². The lowest BCUT2D eigenvalue weighted by molar-refractivity contribution is 0.0813. The zero-order valence-electron chi connectivity index (χ0n) is 22.2. The molecule has 0 aromatic heterocycles.